The molecule has 1 aromatic carbocycles. The van der Waals surface area contributed by atoms with Gasteiger partial charge in [0.1, 0.15) is 11.4 Å². The third-order valence-corrected chi connectivity index (χ3v) is 7.25. The van der Waals surface area contributed by atoms with E-state index in [0.29, 0.717) is 12.1 Å². The van der Waals surface area contributed by atoms with E-state index in [2.05, 4.69) is 29.6 Å². The van der Waals surface area contributed by atoms with Gasteiger partial charge in [0.05, 0.1) is 0 Å². The number of nitrogens with one attached hydrogen (secondary N) is 1. The molecule has 2 saturated carbocycles. The molecule has 3 aliphatic rings. The van der Waals surface area contributed by atoms with Crippen LogP contribution in [0.2, 0.25) is 0 Å². The largest absolute Gasteiger partial charge is 0.487 e. The molecule has 2 heteroatoms. The lowest BCUT2D eigenvalue weighted by Gasteiger charge is -2.41. The standard InChI is InChI=1S/C25H39NO/c1-2-4-6-8-14-21(15-9-7-5-3-1)26-23-20-25(18-12-13-19-25)27-24-17-11-10-16-22(23)24/h10-11,16-17,21,23,26H,1-9,12-15,18-20H2. The first-order valence-electron chi connectivity index (χ1n) is 11.9. The van der Waals surface area contributed by atoms with Crippen LogP contribution in [0.4, 0.5) is 0 Å². The molecule has 2 aliphatic carbocycles. The highest BCUT2D eigenvalue weighted by atomic mass is 16.5. The van der Waals surface area contributed by atoms with E-state index in [1.54, 1.807) is 0 Å². The van der Waals surface area contributed by atoms with Gasteiger partial charge in [0.2, 0.25) is 0 Å². The third-order valence-electron chi connectivity index (χ3n) is 7.25. The Bertz CT molecular complexity index is 565. The number of hydrogen-bond acceptors (Lipinski definition) is 2. The molecule has 1 atom stereocenters. The number of ether oxygens (including phenoxy) is 1. The summed E-state index contributed by atoms with van der Waals surface area (Å²) in [6.07, 6.45) is 21.9. The number of hydrogen-bond donors (Lipinski definition) is 1. The second-order valence-electron chi connectivity index (χ2n) is 9.41. The maximum Gasteiger partial charge on any atom is 0.124 e. The summed E-state index contributed by atoms with van der Waals surface area (Å²) >= 11 is 0. The van der Waals surface area contributed by atoms with Crippen LogP contribution in [0.1, 0.15) is 114 Å². The summed E-state index contributed by atoms with van der Waals surface area (Å²) in [5.74, 6) is 1.15. The molecule has 150 valence electrons. The summed E-state index contributed by atoms with van der Waals surface area (Å²) in [4.78, 5) is 0. The minimum atomic E-state index is 0.109. The van der Waals surface area contributed by atoms with E-state index in [1.807, 2.05) is 0 Å². The van der Waals surface area contributed by atoms with Gasteiger partial charge in [0, 0.05) is 24.1 Å². The van der Waals surface area contributed by atoms with Crippen LogP contribution >= 0.6 is 0 Å². The van der Waals surface area contributed by atoms with Gasteiger partial charge in [-0.15, -0.1) is 0 Å². The molecule has 1 aliphatic heterocycles. The zero-order valence-corrected chi connectivity index (χ0v) is 17.2. The summed E-state index contributed by atoms with van der Waals surface area (Å²) in [6.45, 7) is 0. The molecule has 1 unspecified atom stereocenters. The van der Waals surface area contributed by atoms with Gasteiger partial charge < -0.3 is 10.1 Å². The van der Waals surface area contributed by atoms with E-state index in [1.165, 1.54) is 108 Å². The van der Waals surface area contributed by atoms with E-state index in [4.69, 9.17) is 4.74 Å². The monoisotopic (exact) mass is 369 g/mol. The molecular weight excluding hydrogens is 330 g/mol. The smallest absolute Gasteiger partial charge is 0.124 e. The van der Waals surface area contributed by atoms with Gasteiger partial charge in [0.25, 0.3) is 0 Å². The van der Waals surface area contributed by atoms with E-state index in [0.717, 1.165) is 5.75 Å². The molecule has 2 fully saturated rings. The molecule has 1 N–H and O–H groups in total. The second-order valence-corrected chi connectivity index (χ2v) is 9.41. The first-order valence-corrected chi connectivity index (χ1v) is 11.9. The normalized spacial score (nSPS) is 27.3. The SMILES string of the molecule is c1ccc2c(c1)OC1(CCCC1)CC2NC1CCCCCCCCCCC1. The van der Waals surface area contributed by atoms with Crippen molar-refractivity contribution in [3.63, 3.8) is 0 Å². The molecule has 0 amide bonds. The van der Waals surface area contributed by atoms with Gasteiger partial charge in [-0.2, -0.15) is 0 Å². The van der Waals surface area contributed by atoms with E-state index >= 15 is 0 Å². The molecule has 0 radical (unpaired) electrons. The van der Waals surface area contributed by atoms with Crippen molar-refractivity contribution in [3.05, 3.63) is 29.8 Å². The Labute approximate surface area is 166 Å². The first kappa shape index (κ1) is 19.3. The molecule has 1 aromatic rings. The maximum absolute atomic E-state index is 6.57. The van der Waals surface area contributed by atoms with Crippen molar-refractivity contribution >= 4 is 0 Å². The Hall–Kier alpha value is -1.02. The molecule has 0 bridgehead atoms. The van der Waals surface area contributed by atoms with Crippen molar-refractivity contribution < 1.29 is 4.74 Å². The molecule has 1 heterocycles. The number of para-hydroxylation sites is 1. The Morgan fingerprint density at radius 1 is 0.741 bits per heavy atom. The van der Waals surface area contributed by atoms with Crippen molar-refractivity contribution in [3.8, 4) is 5.75 Å². The number of fused-ring (bicyclic) bond motifs is 1. The fourth-order valence-corrected chi connectivity index (χ4v) is 5.71. The minimum Gasteiger partial charge on any atom is -0.487 e. The molecule has 0 aromatic heterocycles. The third kappa shape index (κ3) is 5.08. The van der Waals surface area contributed by atoms with Gasteiger partial charge in [-0.05, 0) is 44.6 Å². The Balaban J connectivity index is 1.45. The zero-order valence-electron chi connectivity index (χ0n) is 17.2. The number of rotatable bonds is 2. The van der Waals surface area contributed by atoms with Crippen LogP contribution in [0.15, 0.2) is 24.3 Å². The lowest BCUT2D eigenvalue weighted by Crippen LogP contribution is -2.44. The van der Waals surface area contributed by atoms with E-state index in [-0.39, 0.29) is 5.60 Å². The van der Waals surface area contributed by atoms with Crippen LogP contribution in [-0.4, -0.2) is 11.6 Å². The van der Waals surface area contributed by atoms with Gasteiger partial charge in [0.15, 0.2) is 0 Å². The summed E-state index contributed by atoms with van der Waals surface area (Å²) in [5.41, 5.74) is 1.51. The predicted molar refractivity (Wildman–Crippen MR) is 113 cm³/mol. The Morgan fingerprint density at radius 3 is 2.00 bits per heavy atom. The quantitative estimate of drug-likeness (QED) is 0.601. The Kier molecular flexibility index (Phi) is 6.76. The summed E-state index contributed by atoms with van der Waals surface area (Å²) in [5, 5.41) is 4.14. The van der Waals surface area contributed by atoms with Crippen LogP contribution in [0.25, 0.3) is 0 Å². The maximum atomic E-state index is 6.57. The van der Waals surface area contributed by atoms with Crippen LogP contribution < -0.4 is 10.1 Å². The van der Waals surface area contributed by atoms with Crippen molar-refractivity contribution in [1.29, 1.82) is 0 Å². The van der Waals surface area contributed by atoms with Crippen molar-refractivity contribution in [2.45, 2.75) is 120 Å². The Morgan fingerprint density at radius 2 is 1.33 bits per heavy atom. The van der Waals surface area contributed by atoms with Crippen LogP contribution in [0.5, 0.6) is 5.75 Å². The van der Waals surface area contributed by atoms with Crippen molar-refractivity contribution in [2.75, 3.05) is 0 Å². The fourth-order valence-electron chi connectivity index (χ4n) is 5.71. The molecular formula is C25H39NO. The highest BCUT2D eigenvalue weighted by Crippen LogP contribution is 2.47. The highest BCUT2D eigenvalue weighted by Gasteiger charge is 2.43. The van der Waals surface area contributed by atoms with Crippen molar-refractivity contribution in [2.24, 2.45) is 0 Å². The molecule has 0 saturated heterocycles. The predicted octanol–water partition coefficient (Wildman–Crippen LogP) is 7.09. The average molecular weight is 370 g/mol. The van der Waals surface area contributed by atoms with Gasteiger partial charge in [-0.1, -0.05) is 76.0 Å². The lowest BCUT2D eigenvalue weighted by molar-refractivity contribution is 0.0342. The topological polar surface area (TPSA) is 21.3 Å². The summed E-state index contributed by atoms with van der Waals surface area (Å²) < 4.78 is 6.57. The van der Waals surface area contributed by atoms with Crippen LogP contribution in [0.3, 0.4) is 0 Å². The molecule has 27 heavy (non-hydrogen) atoms. The summed E-state index contributed by atoms with van der Waals surface area (Å²) in [6, 6.07) is 9.98. The highest BCUT2D eigenvalue weighted by molar-refractivity contribution is 5.39. The lowest BCUT2D eigenvalue weighted by atomic mass is 9.85. The number of benzene rings is 1. The second kappa shape index (κ2) is 9.45. The van der Waals surface area contributed by atoms with Crippen LogP contribution in [-0.2, 0) is 0 Å². The van der Waals surface area contributed by atoms with Gasteiger partial charge >= 0.3 is 0 Å². The minimum absolute atomic E-state index is 0.109. The van der Waals surface area contributed by atoms with E-state index in [9.17, 15) is 0 Å². The van der Waals surface area contributed by atoms with Gasteiger partial charge in [-0.25, -0.2) is 0 Å². The van der Waals surface area contributed by atoms with Gasteiger partial charge in [-0.3, -0.25) is 0 Å². The zero-order chi connectivity index (χ0) is 18.4. The molecule has 1 spiro atoms. The first-order chi connectivity index (χ1) is 13.3. The van der Waals surface area contributed by atoms with Crippen molar-refractivity contribution in [1.82, 2.24) is 5.32 Å². The molecule has 4 rings (SSSR count). The average Bonchev–Trinajstić information content (AvgIpc) is 3.11. The molecule has 2 nitrogen and oxygen atoms in total. The fraction of sp³-hybridized carbons (Fsp3) is 0.760. The van der Waals surface area contributed by atoms with E-state index < -0.39 is 0 Å². The summed E-state index contributed by atoms with van der Waals surface area (Å²) in [7, 11) is 0. The van der Waals surface area contributed by atoms with Crippen LogP contribution in [0, 0.1) is 0 Å².